The molecule has 1 aliphatic heterocycles. The van der Waals surface area contributed by atoms with Crippen LogP contribution < -0.4 is 15.8 Å². The van der Waals surface area contributed by atoms with Gasteiger partial charge in [-0.1, -0.05) is 18.2 Å². The molecule has 0 aliphatic carbocycles. The van der Waals surface area contributed by atoms with Gasteiger partial charge in [-0.25, -0.2) is 4.98 Å². The molecule has 8 heteroatoms. The molecule has 1 fully saturated rings. The molecule has 1 aromatic heterocycles. The highest BCUT2D eigenvalue weighted by atomic mass is 35.5. The number of likely N-dealkylation sites (tertiary alicyclic amines) is 1. The van der Waals surface area contributed by atoms with Crippen molar-refractivity contribution >= 4 is 47.3 Å². The number of anilines is 1. The lowest BCUT2D eigenvalue weighted by atomic mass is 9.96. The number of carbonyl (C=O) groups is 1. The highest BCUT2D eigenvalue weighted by Crippen LogP contribution is 2.29. The summed E-state index contributed by atoms with van der Waals surface area (Å²) in [5.41, 5.74) is 9.52. The van der Waals surface area contributed by atoms with Crippen molar-refractivity contribution in [2.75, 3.05) is 38.6 Å². The van der Waals surface area contributed by atoms with E-state index in [4.69, 9.17) is 15.5 Å². The highest BCUT2D eigenvalue weighted by molar-refractivity contribution is 5.93. The van der Waals surface area contributed by atoms with E-state index < -0.39 is 0 Å². The molecule has 33 heavy (non-hydrogen) atoms. The van der Waals surface area contributed by atoms with Crippen LogP contribution in [0.15, 0.2) is 54.6 Å². The summed E-state index contributed by atoms with van der Waals surface area (Å²) < 4.78 is 5.27. The Kier molecular flexibility index (Phi) is 10.2. The van der Waals surface area contributed by atoms with Crippen molar-refractivity contribution in [2.45, 2.75) is 19.3 Å². The number of nitrogens with two attached hydrogens (primary N) is 1. The topological polar surface area (TPSA) is 80.5 Å². The Labute approximate surface area is 207 Å². The SMILES string of the molecule is COc1ccc(-c2cc(NCCCN3CCC(C(N)=O)CC3)c3ccccc3n2)cc1.Cl.Cl. The van der Waals surface area contributed by atoms with Gasteiger partial charge in [0, 0.05) is 29.1 Å². The molecular weight excluding hydrogens is 459 g/mol. The maximum atomic E-state index is 11.3. The third-order valence-corrected chi connectivity index (χ3v) is 6.06. The van der Waals surface area contributed by atoms with E-state index in [9.17, 15) is 4.79 Å². The lowest BCUT2D eigenvalue weighted by molar-refractivity contribution is -0.123. The van der Waals surface area contributed by atoms with E-state index in [1.165, 1.54) is 0 Å². The van der Waals surface area contributed by atoms with Crippen LogP contribution in [0.25, 0.3) is 22.2 Å². The van der Waals surface area contributed by atoms with Gasteiger partial charge in [0.2, 0.25) is 5.91 Å². The van der Waals surface area contributed by atoms with Gasteiger partial charge < -0.3 is 20.7 Å². The third-order valence-electron chi connectivity index (χ3n) is 6.06. The van der Waals surface area contributed by atoms with Crippen molar-refractivity contribution in [3.05, 3.63) is 54.6 Å². The normalized spacial score (nSPS) is 14.2. The van der Waals surface area contributed by atoms with Gasteiger partial charge in [-0.3, -0.25) is 4.79 Å². The minimum absolute atomic E-state index is 0. The zero-order chi connectivity index (χ0) is 21.6. The van der Waals surface area contributed by atoms with Crippen molar-refractivity contribution in [3.8, 4) is 17.0 Å². The van der Waals surface area contributed by atoms with Gasteiger partial charge in [-0.15, -0.1) is 24.8 Å². The van der Waals surface area contributed by atoms with Crippen molar-refractivity contribution in [1.29, 1.82) is 0 Å². The number of nitrogens with one attached hydrogen (secondary N) is 1. The molecule has 0 unspecified atom stereocenters. The molecule has 1 aliphatic rings. The maximum absolute atomic E-state index is 11.3. The van der Waals surface area contributed by atoms with E-state index in [0.29, 0.717) is 0 Å². The fraction of sp³-hybridized carbons (Fsp3) is 0.360. The first-order chi connectivity index (χ1) is 15.1. The van der Waals surface area contributed by atoms with Crippen molar-refractivity contribution in [3.63, 3.8) is 0 Å². The first-order valence-corrected chi connectivity index (χ1v) is 10.9. The molecule has 0 spiro atoms. The number of benzene rings is 2. The molecule has 178 valence electrons. The Morgan fingerprint density at radius 1 is 1.12 bits per heavy atom. The molecule has 1 saturated heterocycles. The fourth-order valence-corrected chi connectivity index (χ4v) is 4.20. The summed E-state index contributed by atoms with van der Waals surface area (Å²) in [6.45, 7) is 3.81. The van der Waals surface area contributed by atoms with Crippen molar-refractivity contribution in [1.82, 2.24) is 9.88 Å². The number of nitrogens with zero attached hydrogens (tertiary/aromatic N) is 2. The number of pyridine rings is 1. The zero-order valence-electron chi connectivity index (χ0n) is 18.8. The second-order valence-electron chi connectivity index (χ2n) is 8.10. The zero-order valence-corrected chi connectivity index (χ0v) is 20.5. The molecule has 4 rings (SSSR count). The van der Waals surface area contributed by atoms with Crippen LogP contribution in [0.4, 0.5) is 5.69 Å². The maximum Gasteiger partial charge on any atom is 0.220 e. The van der Waals surface area contributed by atoms with Crippen LogP contribution in [0.1, 0.15) is 19.3 Å². The van der Waals surface area contributed by atoms with Gasteiger partial charge in [-0.05, 0) is 75.3 Å². The lowest BCUT2D eigenvalue weighted by Crippen LogP contribution is -2.39. The molecule has 0 saturated carbocycles. The van der Waals surface area contributed by atoms with Gasteiger partial charge in [0.05, 0.1) is 18.3 Å². The molecule has 0 atom stereocenters. The van der Waals surface area contributed by atoms with Crippen LogP contribution in [0.3, 0.4) is 0 Å². The number of rotatable bonds is 8. The van der Waals surface area contributed by atoms with Crippen LogP contribution in [-0.4, -0.2) is 49.1 Å². The first kappa shape index (κ1) is 26.7. The molecule has 3 aromatic rings. The van der Waals surface area contributed by atoms with Crippen LogP contribution in [0.5, 0.6) is 5.75 Å². The number of amides is 1. The van der Waals surface area contributed by atoms with Gasteiger partial charge in [-0.2, -0.15) is 0 Å². The van der Waals surface area contributed by atoms with Gasteiger partial charge >= 0.3 is 0 Å². The number of methoxy groups -OCH3 is 1. The minimum atomic E-state index is -0.154. The summed E-state index contributed by atoms with van der Waals surface area (Å²) in [5.74, 6) is 0.732. The van der Waals surface area contributed by atoms with E-state index in [2.05, 4.69) is 28.4 Å². The second kappa shape index (κ2) is 12.6. The number of fused-ring (bicyclic) bond motifs is 1. The van der Waals surface area contributed by atoms with Crippen LogP contribution in [-0.2, 0) is 4.79 Å². The Morgan fingerprint density at radius 3 is 2.48 bits per heavy atom. The predicted molar refractivity (Wildman–Crippen MR) is 140 cm³/mol. The molecule has 6 nitrogen and oxygen atoms in total. The van der Waals surface area contributed by atoms with Crippen LogP contribution >= 0.6 is 24.8 Å². The third kappa shape index (κ3) is 6.73. The summed E-state index contributed by atoms with van der Waals surface area (Å²) in [6.07, 6.45) is 2.79. The number of halogens is 2. The lowest BCUT2D eigenvalue weighted by Gasteiger charge is -2.30. The number of piperidine rings is 1. The van der Waals surface area contributed by atoms with E-state index in [1.807, 2.05) is 36.4 Å². The molecular formula is C25H32Cl2N4O2. The standard InChI is InChI=1S/C25H30N4O2.2ClH/c1-31-20-9-7-18(8-10-20)23-17-24(21-5-2-3-6-22(21)28-23)27-13-4-14-29-15-11-19(12-16-29)25(26)30;;/h2-3,5-10,17,19H,4,11-16H2,1H3,(H2,26,30)(H,27,28);2*1H. The summed E-state index contributed by atoms with van der Waals surface area (Å²) >= 11 is 0. The average molecular weight is 491 g/mol. The highest BCUT2D eigenvalue weighted by Gasteiger charge is 2.22. The molecule has 3 N–H and O–H groups in total. The number of ether oxygens (including phenoxy) is 1. The Balaban J connectivity index is 0.00000193. The minimum Gasteiger partial charge on any atom is -0.497 e. The number of aromatic nitrogens is 1. The largest absolute Gasteiger partial charge is 0.497 e. The second-order valence-corrected chi connectivity index (χ2v) is 8.10. The fourth-order valence-electron chi connectivity index (χ4n) is 4.20. The van der Waals surface area contributed by atoms with Crippen molar-refractivity contribution < 1.29 is 9.53 Å². The summed E-state index contributed by atoms with van der Waals surface area (Å²) in [4.78, 5) is 18.6. The Morgan fingerprint density at radius 2 is 1.82 bits per heavy atom. The number of carbonyl (C=O) groups excluding carboxylic acids is 1. The summed E-state index contributed by atoms with van der Waals surface area (Å²) in [7, 11) is 1.67. The van der Waals surface area contributed by atoms with Gasteiger partial charge in [0.15, 0.2) is 0 Å². The number of hydrogen-bond donors (Lipinski definition) is 2. The average Bonchev–Trinajstić information content (AvgIpc) is 2.82. The molecule has 2 heterocycles. The molecule has 2 aromatic carbocycles. The van der Waals surface area contributed by atoms with E-state index in [1.54, 1.807) is 7.11 Å². The molecule has 0 radical (unpaired) electrons. The number of primary amides is 1. The van der Waals surface area contributed by atoms with Crippen LogP contribution in [0, 0.1) is 5.92 Å². The van der Waals surface area contributed by atoms with Gasteiger partial charge in [0.25, 0.3) is 0 Å². The Hall–Kier alpha value is -2.54. The van der Waals surface area contributed by atoms with E-state index >= 15 is 0 Å². The summed E-state index contributed by atoms with van der Waals surface area (Å²) in [6, 6.07) is 18.3. The quantitative estimate of drug-likeness (QED) is 0.445. The number of para-hydroxylation sites is 1. The van der Waals surface area contributed by atoms with E-state index in [0.717, 1.165) is 79.0 Å². The number of hydrogen-bond acceptors (Lipinski definition) is 5. The predicted octanol–water partition coefficient (Wildman–Crippen LogP) is 4.75. The van der Waals surface area contributed by atoms with Crippen molar-refractivity contribution in [2.24, 2.45) is 11.7 Å². The van der Waals surface area contributed by atoms with Crippen LogP contribution in [0.2, 0.25) is 0 Å². The summed E-state index contributed by atoms with van der Waals surface area (Å²) in [5, 5.41) is 4.75. The smallest absolute Gasteiger partial charge is 0.220 e. The molecule has 1 amide bonds. The van der Waals surface area contributed by atoms with Gasteiger partial charge in [0.1, 0.15) is 5.75 Å². The molecule has 0 bridgehead atoms. The monoisotopic (exact) mass is 490 g/mol. The first-order valence-electron chi connectivity index (χ1n) is 10.9. The Bertz CT molecular complexity index is 1040. The van der Waals surface area contributed by atoms with E-state index in [-0.39, 0.29) is 36.6 Å².